The number of nitrogen functional groups attached to an aromatic ring is 1. The molecule has 1 aromatic carbocycles. The average molecular weight is 369 g/mol. The molecule has 0 bridgehead atoms. The number of carbonyl (C=O) groups excluding carboxylic acids is 1. The van der Waals surface area contributed by atoms with Crippen molar-refractivity contribution < 1.29 is 14.1 Å². The molecule has 1 heterocycles. The zero-order valence-corrected chi connectivity index (χ0v) is 16.0. The molecular formula is C21H29N4O2+. The second-order valence-corrected chi connectivity index (χ2v) is 7.04. The Balaban J connectivity index is 1.46. The van der Waals surface area contributed by atoms with Crippen LogP contribution in [0.25, 0.3) is 0 Å². The van der Waals surface area contributed by atoms with Crippen molar-refractivity contribution in [1.29, 1.82) is 0 Å². The Kier molecular flexibility index (Phi) is 6.52. The Hall–Kier alpha value is -2.76. The summed E-state index contributed by atoms with van der Waals surface area (Å²) < 4.78 is 9.26. The first kappa shape index (κ1) is 19.0. The van der Waals surface area contributed by atoms with Crippen LogP contribution < -0.4 is 15.6 Å². The summed E-state index contributed by atoms with van der Waals surface area (Å²) in [6.45, 7) is 1.80. The van der Waals surface area contributed by atoms with Crippen LogP contribution in [-0.4, -0.2) is 23.7 Å². The first-order valence-corrected chi connectivity index (χ1v) is 9.61. The number of rotatable bonds is 8. The minimum atomic E-state index is -0.350. The maximum Gasteiger partial charge on any atom is 0.338 e. The van der Waals surface area contributed by atoms with Gasteiger partial charge in [0.1, 0.15) is 25.5 Å². The van der Waals surface area contributed by atoms with Gasteiger partial charge in [0.05, 0.1) is 24.0 Å². The number of allylic oxidation sites excluding steroid dienone is 1. The Labute approximate surface area is 160 Å². The quantitative estimate of drug-likeness (QED) is 0.325. The van der Waals surface area contributed by atoms with Gasteiger partial charge in [0, 0.05) is 6.54 Å². The lowest BCUT2D eigenvalue weighted by molar-refractivity contribution is -0.671. The Morgan fingerprint density at radius 2 is 2.26 bits per heavy atom. The monoisotopic (exact) mass is 369 g/mol. The van der Waals surface area contributed by atoms with Gasteiger partial charge >= 0.3 is 5.97 Å². The second-order valence-electron chi connectivity index (χ2n) is 7.04. The highest BCUT2D eigenvalue weighted by Gasteiger charge is 2.11. The third-order valence-electron chi connectivity index (χ3n) is 4.84. The van der Waals surface area contributed by atoms with E-state index >= 15 is 0 Å². The SMILES string of the molecule is C[n+]1ccn(CCOC(=O)c2ccc(NCCC3=CCCCC3)c(N)c2)c1. The molecule has 0 spiro atoms. The van der Waals surface area contributed by atoms with Crippen molar-refractivity contribution >= 4 is 17.3 Å². The first-order valence-electron chi connectivity index (χ1n) is 9.61. The van der Waals surface area contributed by atoms with Gasteiger partial charge in [0.15, 0.2) is 0 Å². The molecule has 0 atom stereocenters. The molecule has 2 aromatic rings. The number of nitrogens with zero attached hydrogens (tertiary/aromatic N) is 2. The van der Waals surface area contributed by atoms with Crippen LogP contribution in [0.4, 0.5) is 11.4 Å². The third kappa shape index (κ3) is 5.61. The smallest absolute Gasteiger partial charge is 0.338 e. The van der Waals surface area contributed by atoms with E-state index in [1.165, 1.54) is 31.3 Å². The molecule has 27 heavy (non-hydrogen) atoms. The standard InChI is InChI=1S/C21H28N4O2/c1-24-11-12-25(16-24)13-14-27-21(26)18-7-8-20(19(22)15-18)23-10-9-17-5-3-2-4-6-17/h5,7-8,11-12,15-16H,2-4,6,9-10,13-14,22H2,1H3/p+1. The predicted molar refractivity (Wildman–Crippen MR) is 106 cm³/mol. The van der Waals surface area contributed by atoms with Crippen LogP contribution >= 0.6 is 0 Å². The zero-order valence-electron chi connectivity index (χ0n) is 16.0. The summed E-state index contributed by atoms with van der Waals surface area (Å²) >= 11 is 0. The van der Waals surface area contributed by atoms with Gasteiger partial charge in [0.2, 0.25) is 6.33 Å². The van der Waals surface area contributed by atoms with Crippen LogP contribution in [-0.2, 0) is 18.3 Å². The molecule has 6 heteroatoms. The number of aryl methyl sites for hydroxylation is 1. The van der Waals surface area contributed by atoms with Gasteiger partial charge in [-0.05, 0) is 50.3 Å². The van der Waals surface area contributed by atoms with E-state index in [0.29, 0.717) is 24.4 Å². The highest BCUT2D eigenvalue weighted by molar-refractivity contribution is 5.91. The van der Waals surface area contributed by atoms with E-state index in [2.05, 4.69) is 11.4 Å². The van der Waals surface area contributed by atoms with Gasteiger partial charge in [-0.15, -0.1) is 0 Å². The summed E-state index contributed by atoms with van der Waals surface area (Å²) in [4.78, 5) is 12.2. The first-order chi connectivity index (χ1) is 13.1. The van der Waals surface area contributed by atoms with E-state index in [0.717, 1.165) is 18.7 Å². The maximum absolute atomic E-state index is 12.2. The lowest BCUT2D eigenvalue weighted by atomic mass is 9.97. The molecule has 144 valence electrons. The van der Waals surface area contributed by atoms with Crippen LogP contribution in [0.3, 0.4) is 0 Å². The van der Waals surface area contributed by atoms with Crippen LogP contribution in [0.15, 0.2) is 48.6 Å². The number of ether oxygens (including phenoxy) is 1. The molecule has 0 aliphatic heterocycles. The fraction of sp³-hybridized carbons (Fsp3) is 0.429. The van der Waals surface area contributed by atoms with Crippen molar-refractivity contribution in [1.82, 2.24) is 4.57 Å². The number of imidazole rings is 1. The zero-order chi connectivity index (χ0) is 19.1. The number of hydrogen-bond donors (Lipinski definition) is 2. The third-order valence-corrected chi connectivity index (χ3v) is 4.84. The molecule has 0 saturated carbocycles. The van der Waals surface area contributed by atoms with Crippen LogP contribution in [0, 0.1) is 0 Å². The van der Waals surface area contributed by atoms with Gasteiger partial charge in [-0.1, -0.05) is 11.6 Å². The largest absolute Gasteiger partial charge is 0.458 e. The molecule has 6 nitrogen and oxygen atoms in total. The van der Waals surface area contributed by atoms with Gasteiger partial charge in [-0.25, -0.2) is 13.9 Å². The molecule has 1 aliphatic rings. The molecule has 3 rings (SSSR count). The molecule has 0 amide bonds. The predicted octanol–water partition coefficient (Wildman–Crippen LogP) is 3.05. The van der Waals surface area contributed by atoms with E-state index in [1.807, 2.05) is 41.0 Å². The Morgan fingerprint density at radius 3 is 2.96 bits per heavy atom. The van der Waals surface area contributed by atoms with E-state index in [9.17, 15) is 4.79 Å². The molecule has 0 fully saturated rings. The Bertz CT molecular complexity index is 810. The molecular weight excluding hydrogens is 340 g/mol. The maximum atomic E-state index is 12.2. The molecule has 3 N–H and O–H groups in total. The van der Waals surface area contributed by atoms with E-state index in [-0.39, 0.29) is 5.97 Å². The topological polar surface area (TPSA) is 73.2 Å². The fourth-order valence-corrected chi connectivity index (χ4v) is 3.30. The number of anilines is 2. The molecule has 1 aromatic heterocycles. The number of carbonyl (C=O) groups is 1. The summed E-state index contributed by atoms with van der Waals surface area (Å²) in [5.74, 6) is -0.350. The minimum absolute atomic E-state index is 0.322. The lowest BCUT2D eigenvalue weighted by Crippen LogP contribution is -2.24. The van der Waals surface area contributed by atoms with Gasteiger partial charge < -0.3 is 15.8 Å². The summed E-state index contributed by atoms with van der Waals surface area (Å²) in [6, 6.07) is 5.30. The van der Waals surface area contributed by atoms with Crippen molar-refractivity contribution in [3.05, 3.63) is 54.1 Å². The van der Waals surface area contributed by atoms with Crippen molar-refractivity contribution in [3.63, 3.8) is 0 Å². The normalized spacial score (nSPS) is 13.9. The lowest BCUT2D eigenvalue weighted by Gasteiger charge is -2.14. The van der Waals surface area contributed by atoms with Crippen molar-refractivity contribution in [3.8, 4) is 0 Å². The van der Waals surface area contributed by atoms with Gasteiger partial charge in [-0.2, -0.15) is 0 Å². The summed E-state index contributed by atoms with van der Waals surface area (Å²) in [7, 11) is 1.95. The molecule has 1 aliphatic carbocycles. The fourth-order valence-electron chi connectivity index (χ4n) is 3.30. The summed E-state index contributed by atoms with van der Waals surface area (Å²) in [6.07, 6.45) is 14.3. The van der Waals surface area contributed by atoms with Crippen LogP contribution in [0.2, 0.25) is 0 Å². The number of nitrogens with one attached hydrogen (secondary N) is 1. The summed E-state index contributed by atoms with van der Waals surface area (Å²) in [5.41, 5.74) is 9.55. The van der Waals surface area contributed by atoms with Crippen molar-refractivity contribution in [2.24, 2.45) is 7.05 Å². The molecule has 0 unspecified atom stereocenters. The number of hydrogen-bond acceptors (Lipinski definition) is 4. The number of aromatic nitrogens is 2. The van der Waals surface area contributed by atoms with Gasteiger partial charge in [0.25, 0.3) is 0 Å². The number of esters is 1. The van der Waals surface area contributed by atoms with Crippen LogP contribution in [0.1, 0.15) is 42.5 Å². The van der Waals surface area contributed by atoms with E-state index in [4.69, 9.17) is 10.5 Å². The number of nitrogens with two attached hydrogens (primary N) is 1. The highest BCUT2D eigenvalue weighted by atomic mass is 16.5. The van der Waals surface area contributed by atoms with Crippen LogP contribution in [0.5, 0.6) is 0 Å². The summed E-state index contributed by atoms with van der Waals surface area (Å²) in [5, 5.41) is 3.37. The molecule has 0 saturated heterocycles. The van der Waals surface area contributed by atoms with Gasteiger partial charge in [-0.3, -0.25) is 0 Å². The minimum Gasteiger partial charge on any atom is -0.458 e. The number of benzene rings is 1. The van der Waals surface area contributed by atoms with Crippen molar-refractivity contribution in [2.45, 2.75) is 38.6 Å². The van der Waals surface area contributed by atoms with E-state index in [1.54, 1.807) is 12.1 Å². The van der Waals surface area contributed by atoms with E-state index < -0.39 is 0 Å². The highest BCUT2D eigenvalue weighted by Crippen LogP contribution is 2.23. The Morgan fingerprint density at radius 1 is 1.37 bits per heavy atom. The van der Waals surface area contributed by atoms with Crippen molar-refractivity contribution in [2.75, 3.05) is 24.2 Å². The average Bonchev–Trinajstić information content (AvgIpc) is 3.09. The second kappa shape index (κ2) is 9.26. The molecule has 0 radical (unpaired) electrons.